The van der Waals surface area contributed by atoms with Crippen molar-refractivity contribution in [2.75, 3.05) is 31.2 Å². The maximum absolute atomic E-state index is 13.5. The molecule has 1 aromatic carbocycles. The second-order valence-corrected chi connectivity index (χ2v) is 4.90. The van der Waals surface area contributed by atoms with E-state index in [0.29, 0.717) is 18.9 Å². The van der Waals surface area contributed by atoms with Gasteiger partial charge in [0.05, 0.1) is 12.3 Å². The first-order valence-corrected chi connectivity index (χ1v) is 5.82. The van der Waals surface area contributed by atoms with Crippen molar-refractivity contribution >= 4 is 5.69 Å². The van der Waals surface area contributed by atoms with Crippen LogP contribution < -0.4 is 4.90 Å². The number of benzene rings is 1. The van der Waals surface area contributed by atoms with Crippen molar-refractivity contribution in [1.29, 1.82) is 0 Å². The van der Waals surface area contributed by atoms with Crippen molar-refractivity contribution < 1.29 is 13.5 Å². The molecule has 0 spiro atoms. The summed E-state index contributed by atoms with van der Waals surface area (Å²) >= 11 is 0. The van der Waals surface area contributed by atoms with E-state index in [1.165, 1.54) is 12.1 Å². The van der Waals surface area contributed by atoms with Gasteiger partial charge in [-0.3, -0.25) is 0 Å². The summed E-state index contributed by atoms with van der Waals surface area (Å²) in [7, 11) is 0. The number of hydrogen-bond donors (Lipinski definition) is 0. The average molecular weight is 241 g/mol. The fourth-order valence-electron chi connectivity index (χ4n) is 2.22. The molecule has 2 nitrogen and oxygen atoms in total. The van der Waals surface area contributed by atoms with E-state index >= 15 is 0 Å². The minimum atomic E-state index is -0.538. The van der Waals surface area contributed by atoms with Crippen LogP contribution in [0.25, 0.3) is 0 Å². The quantitative estimate of drug-likeness (QED) is 0.803. The minimum absolute atomic E-state index is 0.0802. The first-order valence-electron chi connectivity index (χ1n) is 5.82. The Morgan fingerprint density at radius 3 is 2.65 bits per heavy atom. The van der Waals surface area contributed by atoms with E-state index in [1.807, 2.05) is 11.8 Å². The average Bonchev–Trinajstić information content (AvgIpc) is 2.23. The second kappa shape index (κ2) is 4.61. The van der Waals surface area contributed by atoms with Gasteiger partial charge in [-0.1, -0.05) is 6.92 Å². The van der Waals surface area contributed by atoms with Crippen LogP contribution in [0.2, 0.25) is 0 Å². The molecule has 4 heteroatoms. The fourth-order valence-corrected chi connectivity index (χ4v) is 2.22. The number of nitrogens with zero attached hydrogens (tertiary/aromatic N) is 1. The molecule has 2 rings (SSSR count). The van der Waals surface area contributed by atoms with Gasteiger partial charge in [0.1, 0.15) is 11.6 Å². The van der Waals surface area contributed by atoms with E-state index in [9.17, 15) is 8.78 Å². The van der Waals surface area contributed by atoms with E-state index in [0.717, 1.165) is 19.2 Å². The normalized spacial score (nSPS) is 18.0. The largest absolute Gasteiger partial charge is 0.381 e. The Balaban J connectivity index is 1.99. The van der Waals surface area contributed by atoms with Crippen LogP contribution in [0.5, 0.6) is 0 Å². The summed E-state index contributed by atoms with van der Waals surface area (Å²) in [6, 6.07) is 3.70. The van der Waals surface area contributed by atoms with Gasteiger partial charge in [-0.2, -0.15) is 0 Å². The number of rotatable bonds is 4. The van der Waals surface area contributed by atoms with Gasteiger partial charge in [0, 0.05) is 31.2 Å². The zero-order valence-corrected chi connectivity index (χ0v) is 10.2. The van der Waals surface area contributed by atoms with Crippen LogP contribution in [0, 0.1) is 17.0 Å². The molecule has 0 saturated carbocycles. The molecule has 1 heterocycles. The Morgan fingerprint density at radius 1 is 1.35 bits per heavy atom. The molecule has 0 aliphatic carbocycles. The van der Waals surface area contributed by atoms with Crippen LogP contribution in [0.15, 0.2) is 18.2 Å². The molecule has 0 amide bonds. The smallest absolute Gasteiger partial charge is 0.149 e. The second-order valence-electron chi connectivity index (χ2n) is 4.90. The van der Waals surface area contributed by atoms with Crippen LogP contribution in [-0.4, -0.2) is 26.3 Å². The minimum Gasteiger partial charge on any atom is -0.381 e. The molecular formula is C13H17F2NO. The van der Waals surface area contributed by atoms with E-state index in [-0.39, 0.29) is 5.41 Å². The molecule has 1 aliphatic heterocycles. The van der Waals surface area contributed by atoms with Crippen LogP contribution >= 0.6 is 0 Å². The maximum atomic E-state index is 13.5. The summed E-state index contributed by atoms with van der Waals surface area (Å²) in [4.78, 5) is 1.91. The monoisotopic (exact) mass is 241 g/mol. The van der Waals surface area contributed by atoms with Crippen molar-refractivity contribution in [2.45, 2.75) is 13.8 Å². The molecule has 0 radical (unpaired) electrons. The number of hydrogen-bond acceptors (Lipinski definition) is 2. The van der Waals surface area contributed by atoms with E-state index in [2.05, 4.69) is 6.92 Å². The third-order valence-electron chi connectivity index (χ3n) is 3.05. The lowest BCUT2D eigenvalue weighted by atomic mass is 9.82. The number of anilines is 1. The summed E-state index contributed by atoms with van der Waals surface area (Å²) in [6.07, 6.45) is 0. The van der Waals surface area contributed by atoms with Gasteiger partial charge in [0.25, 0.3) is 0 Å². The Kier molecular flexibility index (Phi) is 3.33. The molecule has 1 aromatic rings. The first kappa shape index (κ1) is 12.3. The zero-order valence-electron chi connectivity index (χ0n) is 10.2. The molecule has 0 unspecified atom stereocenters. The van der Waals surface area contributed by atoms with Gasteiger partial charge in [0.15, 0.2) is 0 Å². The van der Waals surface area contributed by atoms with Crippen molar-refractivity contribution in [2.24, 2.45) is 5.41 Å². The van der Waals surface area contributed by atoms with E-state index < -0.39 is 11.6 Å². The highest BCUT2D eigenvalue weighted by Crippen LogP contribution is 2.35. The highest BCUT2D eigenvalue weighted by atomic mass is 19.1. The van der Waals surface area contributed by atoms with Gasteiger partial charge in [0.2, 0.25) is 0 Å². The third-order valence-corrected chi connectivity index (χ3v) is 3.05. The SMILES string of the molecule is CCOCC1(C)CN(c2ccc(F)cc2F)C1. The molecule has 1 saturated heterocycles. The maximum Gasteiger partial charge on any atom is 0.149 e. The van der Waals surface area contributed by atoms with Crippen LogP contribution in [0.4, 0.5) is 14.5 Å². The molecule has 1 fully saturated rings. The highest BCUT2D eigenvalue weighted by Gasteiger charge is 2.39. The third kappa shape index (κ3) is 2.57. The summed E-state index contributed by atoms with van der Waals surface area (Å²) in [5.41, 5.74) is 0.553. The highest BCUT2D eigenvalue weighted by molar-refractivity contribution is 5.51. The van der Waals surface area contributed by atoms with Gasteiger partial charge in [-0.05, 0) is 19.1 Å². The van der Waals surface area contributed by atoms with Gasteiger partial charge < -0.3 is 9.64 Å². The van der Waals surface area contributed by atoms with Crippen LogP contribution in [0.3, 0.4) is 0 Å². The summed E-state index contributed by atoms with van der Waals surface area (Å²) in [5, 5.41) is 0. The standard InChI is InChI=1S/C13H17F2NO/c1-3-17-9-13(2)7-16(8-13)12-5-4-10(14)6-11(12)15/h4-6H,3,7-9H2,1-2H3. The molecular weight excluding hydrogens is 224 g/mol. The lowest BCUT2D eigenvalue weighted by Gasteiger charge is -2.49. The topological polar surface area (TPSA) is 12.5 Å². The lowest BCUT2D eigenvalue weighted by molar-refractivity contribution is 0.0431. The summed E-state index contributed by atoms with van der Waals surface area (Å²) in [5.74, 6) is -1.03. The molecule has 94 valence electrons. The number of ether oxygens (including phenoxy) is 1. The van der Waals surface area contributed by atoms with Gasteiger partial charge >= 0.3 is 0 Å². The van der Waals surface area contributed by atoms with Crippen molar-refractivity contribution in [1.82, 2.24) is 0 Å². The Labute approximate surface area is 100 Å². The predicted octanol–water partition coefficient (Wildman–Crippen LogP) is 2.83. The predicted molar refractivity (Wildman–Crippen MR) is 63.2 cm³/mol. The Bertz CT molecular complexity index is 402. The Hall–Kier alpha value is -1.16. The van der Waals surface area contributed by atoms with Crippen molar-refractivity contribution in [3.63, 3.8) is 0 Å². The molecule has 0 N–H and O–H groups in total. The van der Waals surface area contributed by atoms with E-state index in [1.54, 1.807) is 0 Å². The van der Waals surface area contributed by atoms with Gasteiger partial charge in [-0.25, -0.2) is 8.78 Å². The summed E-state index contributed by atoms with van der Waals surface area (Å²) < 4.78 is 31.7. The van der Waals surface area contributed by atoms with Crippen LogP contribution in [-0.2, 0) is 4.74 Å². The first-order chi connectivity index (χ1) is 8.04. The molecule has 0 aromatic heterocycles. The fraction of sp³-hybridized carbons (Fsp3) is 0.538. The van der Waals surface area contributed by atoms with Crippen molar-refractivity contribution in [3.8, 4) is 0 Å². The molecule has 0 atom stereocenters. The van der Waals surface area contributed by atoms with Gasteiger partial charge in [-0.15, -0.1) is 0 Å². The van der Waals surface area contributed by atoms with Crippen LogP contribution in [0.1, 0.15) is 13.8 Å². The molecule has 1 aliphatic rings. The van der Waals surface area contributed by atoms with Crippen molar-refractivity contribution in [3.05, 3.63) is 29.8 Å². The Morgan fingerprint density at radius 2 is 2.06 bits per heavy atom. The molecule has 0 bridgehead atoms. The lowest BCUT2D eigenvalue weighted by Crippen LogP contribution is -2.57. The van der Waals surface area contributed by atoms with E-state index in [4.69, 9.17) is 4.74 Å². The zero-order chi connectivity index (χ0) is 12.5. The summed E-state index contributed by atoms with van der Waals surface area (Å²) in [6.45, 7) is 6.94. The molecule has 17 heavy (non-hydrogen) atoms. The number of halogens is 2.